The first kappa shape index (κ1) is 10.0. The summed E-state index contributed by atoms with van der Waals surface area (Å²) in [5, 5.41) is 0. The van der Waals surface area contributed by atoms with Crippen LogP contribution in [0.25, 0.3) is 0 Å². The Labute approximate surface area is 67.6 Å². The third kappa shape index (κ3) is 6.14. The van der Waals surface area contributed by atoms with Crippen LogP contribution in [0.2, 0.25) is 0 Å². The van der Waals surface area contributed by atoms with Crippen molar-refractivity contribution < 1.29 is 4.79 Å². The Balaban J connectivity index is 2.95. The van der Waals surface area contributed by atoms with Gasteiger partial charge in [-0.1, -0.05) is 13.8 Å². The normalized spacial score (nSPS) is 13.0. The van der Waals surface area contributed by atoms with E-state index in [0.717, 1.165) is 12.7 Å². The molecule has 0 aliphatic carbocycles. The topological polar surface area (TPSA) is 17.1 Å². The van der Waals surface area contributed by atoms with Gasteiger partial charge >= 0.3 is 0 Å². The molecule has 1 nitrogen and oxygen atoms in total. The molecule has 0 saturated carbocycles. The van der Waals surface area contributed by atoms with Gasteiger partial charge in [-0.2, -0.15) is 11.8 Å². The predicted octanol–water partition coefficient (Wildman–Crippen LogP) is 2.35. The summed E-state index contributed by atoms with van der Waals surface area (Å²) in [5.41, 5.74) is 0. The molecule has 0 saturated heterocycles. The van der Waals surface area contributed by atoms with Crippen LogP contribution in [0, 0.1) is 5.92 Å². The molecule has 0 fully saturated rings. The molecule has 0 aliphatic heterocycles. The maximum absolute atomic E-state index is 10.2. The Kier molecular flexibility index (Phi) is 7.15. The fourth-order valence-electron chi connectivity index (χ4n) is 0.720. The zero-order valence-corrected chi connectivity index (χ0v) is 7.62. The van der Waals surface area contributed by atoms with Gasteiger partial charge in [0.2, 0.25) is 0 Å². The van der Waals surface area contributed by atoms with E-state index in [1.165, 1.54) is 17.9 Å². The van der Waals surface area contributed by atoms with Crippen molar-refractivity contribution in [2.24, 2.45) is 5.92 Å². The molecule has 0 aliphatic rings. The van der Waals surface area contributed by atoms with E-state index in [1.54, 1.807) is 0 Å². The van der Waals surface area contributed by atoms with Crippen molar-refractivity contribution in [1.29, 1.82) is 0 Å². The highest BCUT2D eigenvalue weighted by atomic mass is 32.2. The SMILES string of the molecule is CCSCCCC(C)C=O. The highest BCUT2D eigenvalue weighted by Gasteiger charge is 1.97. The number of rotatable bonds is 6. The predicted molar refractivity (Wildman–Crippen MR) is 47.5 cm³/mol. The molecule has 0 spiro atoms. The molecule has 0 radical (unpaired) electrons. The minimum atomic E-state index is 0.262. The molecule has 1 atom stereocenters. The maximum Gasteiger partial charge on any atom is 0.122 e. The summed E-state index contributed by atoms with van der Waals surface area (Å²) in [7, 11) is 0. The lowest BCUT2D eigenvalue weighted by atomic mass is 10.1. The molecule has 0 aromatic heterocycles. The van der Waals surface area contributed by atoms with E-state index in [9.17, 15) is 4.79 Å². The fraction of sp³-hybridized carbons (Fsp3) is 0.875. The lowest BCUT2D eigenvalue weighted by Gasteiger charge is -2.00. The minimum absolute atomic E-state index is 0.262. The van der Waals surface area contributed by atoms with Crippen LogP contribution >= 0.6 is 11.8 Å². The Morgan fingerprint density at radius 3 is 2.80 bits per heavy atom. The second-order valence-electron chi connectivity index (χ2n) is 2.45. The molecule has 0 bridgehead atoms. The van der Waals surface area contributed by atoms with Crippen molar-refractivity contribution in [3.8, 4) is 0 Å². The Bertz CT molecular complexity index is 83.3. The summed E-state index contributed by atoms with van der Waals surface area (Å²) in [6.07, 6.45) is 3.27. The second-order valence-corrected chi connectivity index (χ2v) is 3.85. The standard InChI is InChI=1S/C8H16OS/c1-3-10-6-4-5-8(2)7-9/h7-8H,3-6H2,1-2H3. The number of hydrogen-bond acceptors (Lipinski definition) is 2. The molecule has 0 heterocycles. The summed E-state index contributed by atoms with van der Waals surface area (Å²) >= 11 is 1.94. The molecule has 10 heavy (non-hydrogen) atoms. The molecular formula is C8H16OS. The van der Waals surface area contributed by atoms with Gasteiger partial charge in [0.15, 0.2) is 0 Å². The van der Waals surface area contributed by atoms with E-state index in [-0.39, 0.29) is 5.92 Å². The van der Waals surface area contributed by atoms with Gasteiger partial charge in [0.1, 0.15) is 6.29 Å². The molecule has 0 amide bonds. The molecule has 2 heteroatoms. The van der Waals surface area contributed by atoms with Crippen molar-refractivity contribution in [2.75, 3.05) is 11.5 Å². The van der Waals surface area contributed by atoms with Gasteiger partial charge in [0.25, 0.3) is 0 Å². The molecule has 0 aromatic rings. The van der Waals surface area contributed by atoms with Crippen LogP contribution in [0.5, 0.6) is 0 Å². The smallest absolute Gasteiger partial charge is 0.122 e. The summed E-state index contributed by atoms with van der Waals surface area (Å²) < 4.78 is 0. The highest BCUT2D eigenvalue weighted by molar-refractivity contribution is 7.99. The van der Waals surface area contributed by atoms with Crippen LogP contribution in [0.15, 0.2) is 0 Å². The van der Waals surface area contributed by atoms with E-state index in [2.05, 4.69) is 6.92 Å². The van der Waals surface area contributed by atoms with Crippen molar-refractivity contribution in [1.82, 2.24) is 0 Å². The van der Waals surface area contributed by atoms with Crippen LogP contribution in [0.4, 0.5) is 0 Å². The number of hydrogen-bond donors (Lipinski definition) is 0. The first-order valence-corrected chi connectivity index (χ1v) is 4.99. The summed E-state index contributed by atoms with van der Waals surface area (Å²) in [4.78, 5) is 10.2. The number of carbonyl (C=O) groups excluding carboxylic acids is 1. The Hall–Kier alpha value is 0.0200. The largest absolute Gasteiger partial charge is 0.303 e. The third-order valence-electron chi connectivity index (χ3n) is 1.38. The van der Waals surface area contributed by atoms with Crippen LogP contribution < -0.4 is 0 Å². The van der Waals surface area contributed by atoms with Crippen LogP contribution in [-0.2, 0) is 4.79 Å². The van der Waals surface area contributed by atoms with Gasteiger partial charge < -0.3 is 4.79 Å². The zero-order chi connectivity index (χ0) is 7.82. The lowest BCUT2D eigenvalue weighted by molar-refractivity contribution is -0.110. The first-order valence-electron chi connectivity index (χ1n) is 3.84. The van der Waals surface area contributed by atoms with Crippen molar-refractivity contribution in [3.63, 3.8) is 0 Å². The quantitative estimate of drug-likeness (QED) is 0.438. The van der Waals surface area contributed by atoms with E-state index < -0.39 is 0 Å². The molecule has 0 N–H and O–H groups in total. The monoisotopic (exact) mass is 160 g/mol. The van der Waals surface area contributed by atoms with E-state index in [1.807, 2.05) is 18.7 Å². The minimum Gasteiger partial charge on any atom is -0.303 e. The summed E-state index contributed by atoms with van der Waals surface area (Å²) in [6, 6.07) is 0. The van der Waals surface area contributed by atoms with E-state index in [4.69, 9.17) is 0 Å². The highest BCUT2D eigenvalue weighted by Crippen LogP contribution is 2.07. The Morgan fingerprint density at radius 2 is 2.30 bits per heavy atom. The van der Waals surface area contributed by atoms with Gasteiger partial charge in [-0.15, -0.1) is 0 Å². The molecular weight excluding hydrogens is 144 g/mol. The molecule has 0 rings (SSSR count). The van der Waals surface area contributed by atoms with Crippen molar-refractivity contribution in [3.05, 3.63) is 0 Å². The van der Waals surface area contributed by atoms with Crippen LogP contribution in [-0.4, -0.2) is 17.8 Å². The van der Waals surface area contributed by atoms with Gasteiger partial charge in [-0.3, -0.25) is 0 Å². The second kappa shape index (κ2) is 7.13. The first-order chi connectivity index (χ1) is 4.81. The van der Waals surface area contributed by atoms with E-state index >= 15 is 0 Å². The molecule has 0 aromatic carbocycles. The van der Waals surface area contributed by atoms with Gasteiger partial charge in [0.05, 0.1) is 0 Å². The number of thioether (sulfide) groups is 1. The Morgan fingerprint density at radius 1 is 1.60 bits per heavy atom. The van der Waals surface area contributed by atoms with Gasteiger partial charge in [-0.05, 0) is 24.3 Å². The number of carbonyl (C=O) groups is 1. The fourth-order valence-corrected chi connectivity index (χ4v) is 1.38. The lowest BCUT2D eigenvalue weighted by Crippen LogP contribution is -1.95. The van der Waals surface area contributed by atoms with Crippen LogP contribution in [0.1, 0.15) is 26.7 Å². The van der Waals surface area contributed by atoms with E-state index in [0.29, 0.717) is 0 Å². The van der Waals surface area contributed by atoms with Gasteiger partial charge in [0, 0.05) is 5.92 Å². The molecule has 60 valence electrons. The summed E-state index contributed by atoms with van der Waals surface area (Å²) in [5.74, 6) is 2.65. The average Bonchev–Trinajstić information content (AvgIpc) is 1.98. The number of aldehydes is 1. The third-order valence-corrected chi connectivity index (χ3v) is 2.37. The zero-order valence-electron chi connectivity index (χ0n) is 6.80. The molecule has 1 unspecified atom stereocenters. The van der Waals surface area contributed by atoms with Crippen molar-refractivity contribution in [2.45, 2.75) is 26.7 Å². The maximum atomic E-state index is 10.2. The summed E-state index contributed by atoms with van der Waals surface area (Å²) in [6.45, 7) is 4.14. The average molecular weight is 160 g/mol. The van der Waals surface area contributed by atoms with Gasteiger partial charge in [-0.25, -0.2) is 0 Å². The van der Waals surface area contributed by atoms with Crippen molar-refractivity contribution >= 4 is 18.0 Å². The van der Waals surface area contributed by atoms with Crippen LogP contribution in [0.3, 0.4) is 0 Å².